The van der Waals surface area contributed by atoms with Crippen LogP contribution in [-0.4, -0.2) is 10.9 Å². The van der Waals surface area contributed by atoms with E-state index < -0.39 is 0 Å². The summed E-state index contributed by atoms with van der Waals surface area (Å²) >= 11 is 1.48. The van der Waals surface area contributed by atoms with Gasteiger partial charge in [0.05, 0.1) is 5.01 Å². The summed E-state index contributed by atoms with van der Waals surface area (Å²) in [5.41, 5.74) is 2.54. The minimum absolute atomic E-state index is 0.154. The molecule has 2 rings (SSSR count). The molecule has 1 amide bonds. The SMILES string of the molecule is CCc1ccc(NC(=O)c2csc(C)n2)cc1. The fourth-order valence-corrected chi connectivity index (χ4v) is 2.08. The van der Waals surface area contributed by atoms with Crippen LogP contribution in [0.2, 0.25) is 0 Å². The topological polar surface area (TPSA) is 42.0 Å². The van der Waals surface area contributed by atoms with E-state index >= 15 is 0 Å². The molecule has 2 aromatic rings. The zero-order chi connectivity index (χ0) is 12.3. The van der Waals surface area contributed by atoms with Crippen LogP contribution in [0.1, 0.15) is 28.0 Å². The molecule has 0 fully saturated rings. The maximum absolute atomic E-state index is 11.8. The number of nitrogens with one attached hydrogen (secondary N) is 1. The number of hydrogen-bond donors (Lipinski definition) is 1. The summed E-state index contributed by atoms with van der Waals surface area (Å²) in [5.74, 6) is -0.154. The van der Waals surface area contributed by atoms with E-state index in [9.17, 15) is 4.79 Å². The van der Waals surface area contributed by atoms with Crippen LogP contribution in [0.15, 0.2) is 29.6 Å². The average Bonchev–Trinajstić information content (AvgIpc) is 2.77. The Morgan fingerprint density at radius 3 is 2.59 bits per heavy atom. The molecule has 17 heavy (non-hydrogen) atoms. The fraction of sp³-hybridized carbons (Fsp3) is 0.231. The van der Waals surface area contributed by atoms with Crippen LogP contribution in [0.3, 0.4) is 0 Å². The van der Waals surface area contributed by atoms with Crippen molar-refractivity contribution in [1.29, 1.82) is 0 Å². The maximum atomic E-state index is 11.8. The zero-order valence-electron chi connectivity index (χ0n) is 9.86. The first-order chi connectivity index (χ1) is 8.19. The lowest BCUT2D eigenvalue weighted by molar-refractivity contribution is 0.102. The molecule has 1 aromatic heterocycles. The zero-order valence-corrected chi connectivity index (χ0v) is 10.7. The molecule has 4 heteroatoms. The number of aromatic nitrogens is 1. The Bertz CT molecular complexity index is 516. The van der Waals surface area contributed by atoms with Crippen LogP contribution in [0, 0.1) is 6.92 Å². The van der Waals surface area contributed by atoms with Crippen LogP contribution in [0.25, 0.3) is 0 Å². The van der Waals surface area contributed by atoms with Crippen molar-refractivity contribution in [1.82, 2.24) is 4.98 Å². The normalized spacial score (nSPS) is 10.2. The van der Waals surface area contributed by atoms with Crippen molar-refractivity contribution < 1.29 is 4.79 Å². The lowest BCUT2D eigenvalue weighted by Crippen LogP contribution is -2.12. The van der Waals surface area contributed by atoms with Crippen LogP contribution >= 0.6 is 11.3 Å². The first-order valence-corrected chi connectivity index (χ1v) is 6.39. The Kier molecular flexibility index (Phi) is 3.54. The highest BCUT2D eigenvalue weighted by Crippen LogP contribution is 2.13. The average molecular weight is 246 g/mol. The van der Waals surface area contributed by atoms with E-state index in [4.69, 9.17) is 0 Å². The van der Waals surface area contributed by atoms with E-state index in [2.05, 4.69) is 17.2 Å². The molecule has 1 aromatic carbocycles. The third-order valence-corrected chi connectivity index (χ3v) is 3.25. The van der Waals surface area contributed by atoms with Gasteiger partial charge in [-0.3, -0.25) is 4.79 Å². The lowest BCUT2D eigenvalue weighted by atomic mass is 10.1. The molecule has 0 radical (unpaired) electrons. The van der Waals surface area contributed by atoms with Crippen LogP contribution in [0.4, 0.5) is 5.69 Å². The second-order valence-electron chi connectivity index (χ2n) is 3.76. The molecule has 0 saturated carbocycles. The van der Waals surface area contributed by atoms with E-state index in [1.165, 1.54) is 16.9 Å². The van der Waals surface area contributed by atoms with Gasteiger partial charge >= 0.3 is 0 Å². The third-order valence-electron chi connectivity index (χ3n) is 2.47. The minimum atomic E-state index is -0.154. The Balaban J connectivity index is 2.07. The van der Waals surface area contributed by atoms with Crippen molar-refractivity contribution in [2.45, 2.75) is 20.3 Å². The third kappa shape index (κ3) is 2.91. The summed E-state index contributed by atoms with van der Waals surface area (Å²) in [5, 5.41) is 5.50. The van der Waals surface area contributed by atoms with Gasteiger partial charge in [0, 0.05) is 11.1 Å². The van der Waals surface area contributed by atoms with Gasteiger partial charge in [-0.15, -0.1) is 11.3 Å². The van der Waals surface area contributed by atoms with Gasteiger partial charge in [0.1, 0.15) is 5.69 Å². The summed E-state index contributed by atoms with van der Waals surface area (Å²) in [6.07, 6.45) is 1.000. The molecule has 0 aliphatic carbocycles. The monoisotopic (exact) mass is 246 g/mol. The van der Waals surface area contributed by atoms with Crippen molar-refractivity contribution in [3.8, 4) is 0 Å². The van der Waals surface area contributed by atoms with Gasteiger partial charge in [0.2, 0.25) is 0 Å². The van der Waals surface area contributed by atoms with E-state index in [0.717, 1.165) is 17.1 Å². The Morgan fingerprint density at radius 2 is 2.06 bits per heavy atom. The van der Waals surface area contributed by atoms with Crippen molar-refractivity contribution in [3.05, 3.63) is 45.9 Å². The van der Waals surface area contributed by atoms with Gasteiger partial charge in [0.15, 0.2) is 0 Å². The highest BCUT2D eigenvalue weighted by atomic mass is 32.1. The van der Waals surface area contributed by atoms with Crippen molar-refractivity contribution in [2.24, 2.45) is 0 Å². The predicted molar refractivity (Wildman–Crippen MR) is 70.6 cm³/mol. The molecule has 0 aliphatic heterocycles. The van der Waals surface area contributed by atoms with E-state index in [0.29, 0.717) is 5.69 Å². The molecule has 3 nitrogen and oxygen atoms in total. The number of nitrogens with zero attached hydrogens (tertiary/aromatic N) is 1. The number of anilines is 1. The Morgan fingerprint density at radius 1 is 1.35 bits per heavy atom. The molecular weight excluding hydrogens is 232 g/mol. The molecule has 0 aliphatic rings. The summed E-state index contributed by atoms with van der Waals surface area (Å²) in [4.78, 5) is 16.0. The highest BCUT2D eigenvalue weighted by molar-refractivity contribution is 7.09. The van der Waals surface area contributed by atoms with E-state index in [-0.39, 0.29) is 5.91 Å². The summed E-state index contributed by atoms with van der Waals surface area (Å²) in [6, 6.07) is 7.86. The number of benzene rings is 1. The predicted octanol–water partition coefficient (Wildman–Crippen LogP) is 3.27. The highest BCUT2D eigenvalue weighted by Gasteiger charge is 2.09. The number of rotatable bonds is 3. The van der Waals surface area contributed by atoms with Gasteiger partial charge in [0.25, 0.3) is 5.91 Å². The molecule has 0 spiro atoms. The quantitative estimate of drug-likeness (QED) is 0.903. The maximum Gasteiger partial charge on any atom is 0.275 e. The summed E-state index contributed by atoms with van der Waals surface area (Å²) < 4.78 is 0. The largest absolute Gasteiger partial charge is 0.321 e. The molecule has 0 unspecified atom stereocenters. The lowest BCUT2D eigenvalue weighted by Gasteiger charge is -2.03. The first-order valence-electron chi connectivity index (χ1n) is 5.51. The number of carbonyl (C=O) groups excluding carboxylic acids is 1. The van der Waals surface area contributed by atoms with Crippen molar-refractivity contribution >= 4 is 22.9 Å². The second-order valence-corrected chi connectivity index (χ2v) is 4.82. The fourth-order valence-electron chi connectivity index (χ4n) is 1.49. The standard InChI is InChI=1S/C13H14N2OS/c1-3-10-4-6-11(7-5-10)15-13(16)12-8-17-9(2)14-12/h4-8H,3H2,1-2H3,(H,15,16). The van der Waals surface area contributed by atoms with E-state index in [1.807, 2.05) is 31.2 Å². The van der Waals surface area contributed by atoms with Crippen LogP contribution in [-0.2, 0) is 6.42 Å². The minimum Gasteiger partial charge on any atom is -0.321 e. The molecule has 0 atom stereocenters. The molecule has 0 bridgehead atoms. The first kappa shape index (κ1) is 11.8. The van der Waals surface area contributed by atoms with E-state index in [1.54, 1.807) is 5.38 Å². The van der Waals surface area contributed by atoms with Gasteiger partial charge in [-0.1, -0.05) is 19.1 Å². The Hall–Kier alpha value is -1.68. The molecule has 1 N–H and O–H groups in total. The second kappa shape index (κ2) is 5.10. The van der Waals surface area contributed by atoms with Crippen LogP contribution in [0.5, 0.6) is 0 Å². The number of amides is 1. The molecular formula is C13H14N2OS. The van der Waals surface area contributed by atoms with Crippen molar-refractivity contribution in [3.63, 3.8) is 0 Å². The number of carbonyl (C=O) groups is 1. The summed E-state index contributed by atoms with van der Waals surface area (Å²) in [7, 11) is 0. The van der Waals surface area contributed by atoms with Gasteiger partial charge in [-0.2, -0.15) is 0 Å². The molecule has 88 valence electrons. The molecule has 1 heterocycles. The van der Waals surface area contributed by atoms with Crippen molar-refractivity contribution in [2.75, 3.05) is 5.32 Å². The van der Waals surface area contributed by atoms with Crippen LogP contribution < -0.4 is 5.32 Å². The Labute approximate surface area is 105 Å². The summed E-state index contributed by atoms with van der Waals surface area (Å²) in [6.45, 7) is 3.99. The number of hydrogen-bond acceptors (Lipinski definition) is 3. The molecule has 0 saturated heterocycles. The smallest absolute Gasteiger partial charge is 0.275 e. The van der Waals surface area contributed by atoms with Gasteiger partial charge in [-0.05, 0) is 31.0 Å². The van der Waals surface area contributed by atoms with Gasteiger partial charge in [-0.25, -0.2) is 4.98 Å². The van der Waals surface area contributed by atoms with Gasteiger partial charge < -0.3 is 5.32 Å². The number of aryl methyl sites for hydroxylation is 2. The number of thiazole rings is 1.